The summed E-state index contributed by atoms with van der Waals surface area (Å²) in [7, 11) is -4.64. The van der Waals surface area contributed by atoms with E-state index in [0.717, 1.165) is 19.3 Å². The predicted molar refractivity (Wildman–Crippen MR) is 105 cm³/mol. The third kappa shape index (κ3) is 24.1. The molecule has 0 heterocycles. The Kier molecular flexibility index (Phi) is 20.7. The predicted octanol–water partition coefficient (Wildman–Crippen LogP) is 5.44. The van der Waals surface area contributed by atoms with E-state index in [0.29, 0.717) is 6.42 Å². The SMILES string of the molecule is CCCCCCCCCCCCCCCCCC(=O)OS(=O)(=O)O.[H-].[H-].[Mg+2]. The van der Waals surface area contributed by atoms with Gasteiger partial charge in [-0.3, -0.25) is 9.35 Å². The first kappa shape index (κ1) is 27.4. The second-order valence-corrected chi connectivity index (χ2v) is 7.60. The van der Waals surface area contributed by atoms with Crippen molar-refractivity contribution in [3.05, 3.63) is 0 Å². The van der Waals surface area contributed by atoms with Crippen LogP contribution in [0.2, 0.25) is 0 Å². The zero-order chi connectivity index (χ0) is 18.1. The van der Waals surface area contributed by atoms with Crippen LogP contribution < -0.4 is 0 Å². The zero-order valence-corrected chi connectivity index (χ0v) is 18.2. The number of hydrogen-bond acceptors (Lipinski definition) is 4. The molecule has 0 aliphatic carbocycles. The van der Waals surface area contributed by atoms with Gasteiger partial charge in [-0.15, -0.1) is 0 Å². The minimum atomic E-state index is -4.64. The Bertz CT molecular complexity index is 409. The molecular formula is C18H38MgO5S. The summed E-state index contributed by atoms with van der Waals surface area (Å²) in [5.41, 5.74) is 0. The molecule has 0 saturated carbocycles. The number of carbonyl (C=O) groups is 1. The number of carbonyl (C=O) groups excluding carboxylic acids is 1. The summed E-state index contributed by atoms with van der Waals surface area (Å²) in [5.74, 6) is -0.882. The molecule has 0 aliphatic heterocycles. The topological polar surface area (TPSA) is 80.7 Å². The molecular weight excluding hydrogens is 353 g/mol. The molecule has 5 nitrogen and oxygen atoms in total. The quantitative estimate of drug-likeness (QED) is 0.203. The van der Waals surface area contributed by atoms with E-state index in [2.05, 4.69) is 11.1 Å². The number of unbranched alkanes of at least 4 members (excludes halogenated alkanes) is 14. The van der Waals surface area contributed by atoms with E-state index in [1.54, 1.807) is 0 Å². The first-order valence-electron chi connectivity index (χ1n) is 9.65. The van der Waals surface area contributed by atoms with Gasteiger partial charge in [-0.05, 0) is 6.42 Å². The van der Waals surface area contributed by atoms with Gasteiger partial charge in [0.15, 0.2) is 0 Å². The van der Waals surface area contributed by atoms with Gasteiger partial charge >= 0.3 is 39.4 Å². The largest absolute Gasteiger partial charge is 2.00 e. The van der Waals surface area contributed by atoms with Crippen LogP contribution in [0.15, 0.2) is 0 Å². The number of rotatable bonds is 17. The molecule has 0 radical (unpaired) electrons. The Morgan fingerprint density at radius 3 is 1.40 bits per heavy atom. The van der Waals surface area contributed by atoms with Crippen LogP contribution in [0.1, 0.15) is 113 Å². The van der Waals surface area contributed by atoms with Gasteiger partial charge in [-0.25, -0.2) is 0 Å². The molecule has 0 aliphatic rings. The molecule has 7 heteroatoms. The molecule has 148 valence electrons. The van der Waals surface area contributed by atoms with Crippen LogP contribution in [-0.2, 0) is 19.4 Å². The molecule has 0 atom stereocenters. The molecule has 0 fully saturated rings. The van der Waals surface area contributed by atoms with Gasteiger partial charge in [0.25, 0.3) is 0 Å². The third-order valence-electron chi connectivity index (χ3n) is 4.18. The van der Waals surface area contributed by atoms with Gasteiger partial charge in [-0.1, -0.05) is 96.8 Å². The molecule has 25 heavy (non-hydrogen) atoms. The Morgan fingerprint density at radius 1 is 0.760 bits per heavy atom. The van der Waals surface area contributed by atoms with E-state index < -0.39 is 16.4 Å². The summed E-state index contributed by atoms with van der Waals surface area (Å²) in [6, 6.07) is 0. The van der Waals surface area contributed by atoms with Crippen LogP contribution in [0, 0.1) is 0 Å². The van der Waals surface area contributed by atoms with Gasteiger partial charge in [0.05, 0.1) is 0 Å². The fourth-order valence-corrected chi connectivity index (χ4v) is 3.12. The molecule has 1 N–H and O–H groups in total. The van der Waals surface area contributed by atoms with Crippen molar-refractivity contribution in [3.63, 3.8) is 0 Å². The van der Waals surface area contributed by atoms with Crippen LogP contribution in [0.5, 0.6) is 0 Å². The summed E-state index contributed by atoms with van der Waals surface area (Å²) in [6.45, 7) is 2.25. The van der Waals surface area contributed by atoms with Gasteiger partial charge in [0, 0.05) is 6.42 Å². The Morgan fingerprint density at radius 2 is 1.08 bits per heavy atom. The summed E-state index contributed by atoms with van der Waals surface area (Å²) in [6.07, 6.45) is 18.5. The first-order valence-corrected chi connectivity index (χ1v) is 11.0. The van der Waals surface area contributed by atoms with Crippen molar-refractivity contribution in [2.75, 3.05) is 0 Å². The van der Waals surface area contributed by atoms with Crippen molar-refractivity contribution in [2.45, 2.75) is 110 Å². The van der Waals surface area contributed by atoms with Crippen molar-refractivity contribution in [1.82, 2.24) is 0 Å². The average Bonchev–Trinajstić information content (AvgIpc) is 2.49. The van der Waals surface area contributed by atoms with E-state index >= 15 is 0 Å². The van der Waals surface area contributed by atoms with Crippen LogP contribution in [0.3, 0.4) is 0 Å². The fraction of sp³-hybridized carbons (Fsp3) is 0.944. The van der Waals surface area contributed by atoms with Crippen LogP contribution in [-0.4, -0.2) is 42.0 Å². The van der Waals surface area contributed by atoms with E-state index in [4.69, 9.17) is 4.55 Å². The molecule has 0 aromatic rings. The second kappa shape index (κ2) is 18.9. The maximum Gasteiger partial charge on any atom is 2.00 e. The molecule has 0 bridgehead atoms. The Balaban J connectivity index is -0.000000882. The van der Waals surface area contributed by atoms with E-state index in [1.807, 2.05) is 0 Å². The fourth-order valence-electron chi connectivity index (χ4n) is 2.80. The van der Waals surface area contributed by atoms with Crippen LogP contribution in [0.4, 0.5) is 0 Å². The molecule has 0 amide bonds. The Labute approximate surface area is 173 Å². The molecule has 0 aromatic carbocycles. The molecule has 0 saturated heterocycles. The maximum atomic E-state index is 11.0. The van der Waals surface area contributed by atoms with Gasteiger partial charge in [0.1, 0.15) is 0 Å². The molecule has 0 aromatic heterocycles. The van der Waals surface area contributed by atoms with Crippen LogP contribution >= 0.6 is 0 Å². The van der Waals surface area contributed by atoms with E-state index in [9.17, 15) is 13.2 Å². The van der Waals surface area contributed by atoms with Gasteiger partial charge < -0.3 is 7.04 Å². The summed E-state index contributed by atoms with van der Waals surface area (Å²) in [4.78, 5) is 11.0. The molecule has 0 unspecified atom stereocenters. The first-order chi connectivity index (χ1) is 11.5. The van der Waals surface area contributed by atoms with Crippen molar-refractivity contribution in [3.8, 4) is 0 Å². The zero-order valence-electron chi connectivity index (χ0n) is 18.0. The summed E-state index contributed by atoms with van der Waals surface area (Å²) in [5, 5.41) is 0. The monoisotopic (exact) mass is 390 g/mol. The number of hydrogen-bond donors (Lipinski definition) is 1. The minimum absolute atomic E-state index is 0. The standard InChI is InChI=1S/C18H36O5S.Mg.2H/c1-2-3-4-5-6-7-8-9-10-11-12-13-14-15-16-17-18(19)23-24(20,21)22;;;/h2-17H2,1H3,(H,20,21,22);;;/q;+2;2*-1. The smallest absolute Gasteiger partial charge is 1.00 e. The summed E-state index contributed by atoms with van der Waals surface area (Å²) < 4.78 is 32.8. The van der Waals surface area contributed by atoms with Gasteiger partial charge in [0.2, 0.25) is 0 Å². The normalized spacial score (nSPS) is 11.1. The average molecular weight is 391 g/mol. The van der Waals surface area contributed by atoms with E-state index in [-0.39, 0.29) is 32.3 Å². The molecule has 0 spiro atoms. The van der Waals surface area contributed by atoms with Crippen molar-refractivity contribution >= 4 is 39.4 Å². The van der Waals surface area contributed by atoms with Crippen molar-refractivity contribution in [1.29, 1.82) is 0 Å². The van der Waals surface area contributed by atoms with Crippen molar-refractivity contribution < 1.29 is 24.8 Å². The Hall–Kier alpha value is 0.146. The minimum Gasteiger partial charge on any atom is -1.00 e. The van der Waals surface area contributed by atoms with Crippen LogP contribution in [0.25, 0.3) is 0 Å². The van der Waals surface area contributed by atoms with E-state index in [1.165, 1.54) is 70.6 Å². The third-order valence-corrected chi connectivity index (χ3v) is 4.58. The maximum absolute atomic E-state index is 11.0. The second-order valence-electron chi connectivity index (χ2n) is 6.58. The summed E-state index contributed by atoms with van der Waals surface area (Å²) >= 11 is 0. The molecule has 0 rings (SSSR count). The van der Waals surface area contributed by atoms with Crippen molar-refractivity contribution in [2.24, 2.45) is 0 Å². The van der Waals surface area contributed by atoms with Gasteiger partial charge in [-0.2, -0.15) is 8.42 Å².